The van der Waals surface area contributed by atoms with E-state index < -0.39 is 0 Å². The lowest BCUT2D eigenvalue weighted by atomic mass is 10.1. The molecule has 1 aromatic carbocycles. The normalized spacial score (nSPS) is 10.1. The Morgan fingerprint density at radius 2 is 2.05 bits per heavy atom. The maximum atomic E-state index is 11.8. The molecule has 2 rings (SSSR count). The Morgan fingerprint density at radius 1 is 1.25 bits per heavy atom. The predicted octanol–water partition coefficient (Wildman–Crippen LogP) is 1.36. The fraction of sp³-hybridized carbons (Fsp3) is 0.200. The van der Waals surface area contributed by atoms with Crippen molar-refractivity contribution >= 4 is 5.91 Å². The van der Waals surface area contributed by atoms with Crippen LogP contribution in [0.1, 0.15) is 16.1 Å². The molecule has 2 N–H and O–H groups in total. The summed E-state index contributed by atoms with van der Waals surface area (Å²) in [5.74, 6) is 0.506. The molecule has 0 radical (unpaired) electrons. The highest BCUT2D eigenvalue weighted by atomic mass is 16.5. The zero-order valence-electron chi connectivity index (χ0n) is 11.2. The number of aromatic nitrogens is 1. The summed E-state index contributed by atoms with van der Waals surface area (Å²) in [7, 11) is 1.62. The van der Waals surface area contributed by atoms with Gasteiger partial charge in [0.25, 0.3) is 5.91 Å². The monoisotopic (exact) mass is 272 g/mol. The van der Waals surface area contributed by atoms with Crippen molar-refractivity contribution in [2.75, 3.05) is 13.7 Å². The quantitative estimate of drug-likeness (QED) is 0.863. The number of carbonyl (C=O) groups excluding carboxylic acids is 1. The zero-order valence-corrected chi connectivity index (χ0v) is 11.2. The molecule has 2 aromatic rings. The van der Waals surface area contributed by atoms with Gasteiger partial charge in [-0.15, -0.1) is 0 Å². The second kappa shape index (κ2) is 6.56. The fourth-order valence-corrected chi connectivity index (χ4v) is 1.82. The molecule has 0 fully saturated rings. The molecule has 0 saturated carbocycles. The summed E-state index contributed by atoms with van der Waals surface area (Å²) in [6, 6.07) is 12.2. The fourth-order valence-electron chi connectivity index (χ4n) is 1.82. The van der Waals surface area contributed by atoms with Crippen LogP contribution in [0.4, 0.5) is 0 Å². The molecule has 5 nitrogen and oxygen atoms in total. The van der Waals surface area contributed by atoms with E-state index in [0.29, 0.717) is 13.0 Å². The molecular weight excluding hydrogens is 256 g/mol. The first-order valence-electron chi connectivity index (χ1n) is 6.29. The molecule has 1 aromatic heterocycles. The summed E-state index contributed by atoms with van der Waals surface area (Å²) >= 11 is 0. The molecular formula is C15H16N2O3. The molecule has 0 atom stereocenters. The van der Waals surface area contributed by atoms with Gasteiger partial charge in [0.2, 0.25) is 5.56 Å². The van der Waals surface area contributed by atoms with Crippen LogP contribution in [0.15, 0.2) is 47.3 Å². The van der Waals surface area contributed by atoms with Gasteiger partial charge in [0.05, 0.1) is 7.11 Å². The van der Waals surface area contributed by atoms with Crippen LogP contribution in [-0.2, 0) is 6.42 Å². The summed E-state index contributed by atoms with van der Waals surface area (Å²) in [6.45, 7) is 0.489. The van der Waals surface area contributed by atoms with Crippen molar-refractivity contribution in [3.8, 4) is 5.75 Å². The molecule has 104 valence electrons. The number of hydrogen-bond donors (Lipinski definition) is 2. The summed E-state index contributed by atoms with van der Waals surface area (Å²) in [5.41, 5.74) is 1.06. The number of hydrogen-bond acceptors (Lipinski definition) is 3. The van der Waals surface area contributed by atoms with E-state index >= 15 is 0 Å². The molecule has 0 bridgehead atoms. The predicted molar refractivity (Wildman–Crippen MR) is 76.1 cm³/mol. The minimum absolute atomic E-state index is 0.267. The third-order valence-electron chi connectivity index (χ3n) is 2.85. The molecule has 0 saturated heterocycles. The second-order valence-electron chi connectivity index (χ2n) is 4.29. The van der Waals surface area contributed by atoms with Crippen molar-refractivity contribution in [3.05, 3.63) is 64.1 Å². The second-order valence-corrected chi connectivity index (χ2v) is 4.29. The highest BCUT2D eigenvalue weighted by Crippen LogP contribution is 2.12. The van der Waals surface area contributed by atoms with Gasteiger partial charge >= 0.3 is 0 Å². The van der Waals surface area contributed by atoms with Gasteiger partial charge in [-0.25, -0.2) is 0 Å². The maximum Gasteiger partial charge on any atom is 0.267 e. The summed E-state index contributed by atoms with van der Waals surface area (Å²) in [4.78, 5) is 25.4. The minimum atomic E-state index is -0.287. The molecule has 1 heterocycles. The van der Waals surface area contributed by atoms with Crippen LogP contribution in [0.3, 0.4) is 0 Å². The molecule has 1 amide bonds. The van der Waals surface area contributed by atoms with E-state index in [2.05, 4.69) is 10.3 Å². The number of pyridine rings is 1. The van der Waals surface area contributed by atoms with Crippen LogP contribution < -0.4 is 15.6 Å². The Hall–Kier alpha value is -2.56. The third kappa shape index (κ3) is 3.71. The Kier molecular flexibility index (Phi) is 4.55. The molecule has 0 aliphatic rings. The molecule has 5 heteroatoms. The van der Waals surface area contributed by atoms with Crippen LogP contribution in [0.2, 0.25) is 0 Å². The molecule has 0 aliphatic carbocycles. The number of methoxy groups -OCH3 is 1. The van der Waals surface area contributed by atoms with Crippen molar-refractivity contribution in [2.24, 2.45) is 0 Å². The lowest BCUT2D eigenvalue weighted by Gasteiger charge is -2.06. The summed E-state index contributed by atoms with van der Waals surface area (Å²) in [6.07, 6.45) is 0.694. The van der Waals surface area contributed by atoms with E-state index in [-0.39, 0.29) is 17.2 Å². The van der Waals surface area contributed by atoms with Gasteiger partial charge in [-0.05, 0) is 30.2 Å². The molecule has 0 unspecified atom stereocenters. The number of nitrogens with one attached hydrogen (secondary N) is 2. The van der Waals surface area contributed by atoms with Gasteiger partial charge in [0.15, 0.2) is 0 Å². The van der Waals surface area contributed by atoms with Crippen LogP contribution in [0.5, 0.6) is 5.75 Å². The number of rotatable bonds is 5. The number of benzene rings is 1. The third-order valence-corrected chi connectivity index (χ3v) is 2.85. The van der Waals surface area contributed by atoms with Crippen molar-refractivity contribution in [2.45, 2.75) is 6.42 Å². The number of ether oxygens (including phenoxy) is 1. The van der Waals surface area contributed by atoms with E-state index in [0.717, 1.165) is 11.3 Å². The average Bonchev–Trinajstić information content (AvgIpc) is 2.47. The van der Waals surface area contributed by atoms with Gasteiger partial charge in [0.1, 0.15) is 11.4 Å². The van der Waals surface area contributed by atoms with Gasteiger partial charge in [0, 0.05) is 12.6 Å². The van der Waals surface area contributed by atoms with E-state index in [4.69, 9.17) is 4.74 Å². The molecule has 0 aliphatic heterocycles. The van der Waals surface area contributed by atoms with Crippen LogP contribution >= 0.6 is 0 Å². The van der Waals surface area contributed by atoms with E-state index in [1.165, 1.54) is 6.07 Å². The highest BCUT2D eigenvalue weighted by molar-refractivity contribution is 5.92. The van der Waals surface area contributed by atoms with Gasteiger partial charge < -0.3 is 15.0 Å². The average molecular weight is 272 g/mol. The zero-order chi connectivity index (χ0) is 14.4. The molecule has 0 spiro atoms. The van der Waals surface area contributed by atoms with Crippen molar-refractivity contribution in [1.29, 1.82) is 0 Å². The standard InChI is InChI=1S/C15H16N2O3/c1-20-12-5-2-4-11(10-12)8-9-16-15(19)13-6-3-7-14(18)17-13/h2-7,10H,8-9H2,1H3,(H,16,19)(H,17,18). The molecule has 20 heavy (non-hydrogen) atoms. The number of H-pyrrole nitrogens is 1. The van der Waals surface area contributed by atoms with Gasteiger partial charge in [-0.1, -0.05) is 18.2 Å². The van der Waals surface area contributed by atoms with Crippen LogP contribution in [-0.4, -0.2) is 24.5 Å². The SMILES string of the molecule is COc1cccc(CCNC(=O)c2cccc(=O)[nH]2)c1. The lowest BCUT2D eigenvalue weighted by molar-refractivity contribution is 0.0949. The van der Waals surface area contributed by atoms with Crippen LogP contribution in [0, 0.1) is 0 Å². The maximum absolute atomic E-state index is 11.8. The summed E-state index contributed by atoms with van der Waals surface area (Å²) < 4.78 is 5.14. The van der Waals surface area contributed by atoms with Gasteiger partial charge in [-0.3, -0.25) is 9.59 Å². The van der Waals surface area contributed by atoms with Gasteiger partial charge in [-0.2, -0.15) is 0 Å². The topological polar surface area (TPSA) is 71.2 Å². The number of carbonyl (C=O) groups is 1. The van der Waals surface area contributed by atoms with E-state index in [1.54, 1.807) is 19.2 Å². The largest absolute Gasteiger partial charge is 0.497 e. The van der Waals surface area contributed by atoms with E-state index in [1.807, 2.05) is 24.3 Å². The Balaban J connectivity index is 1.89. The Bertz CT molecular complexity index is 649. The first-order valence-corrected chi connectivity index (χ1v) is 6.29. The smallest absolute Gasteiger partial charge is 0.267 e. The number of aromatic amines is 1. The Labute approximate surface area is 116 Å². The first-order chi connectivity index (χ1) is 9.69. The first kappa shape index (κ1) is 13.9. The lowest BCUT2D eigenvalue weighted by Crippen LogP contribution is -2.28. The minimum Gasteiger partial charge on any atom is -0.497 e. The van der Waals surface area contributed by atoms with E-state index in [9.17, 15) is 9.59 Å². The van der Waals surface area contributed by atoms with Crippen molar-refractivity contribution in [1.82, 2.24) is 10.3 Å². The Morgan fingerprint density at radius 3 is 2.80 bits per heavy atom. The summed E-state index contributed by atoms with van der Waals surface area (Å²) in [5, 5.41) is 2.76. The highest BCUT2D eigenvalue weighted by Gasteiger charge is 2.05. The number of amides is 1. The van der Waals surface area contributed by atoms with Crippen molar-refractivity contribution in [3.63, 3.8) is 0 Å². The van der Waals surface area contributed by atoms with Crippen molar-refractivity contribution < 1.29 is 9.53 Å². The van der Waals surface area contributed by atoms with Crippen LogP contribution in [0.25, 0.3) is 0 Å².